The first-order chi connectivity index (χ1) is 14.3. The number of aromatic nitrogens is 2. The summed E-state index contributed by atoms with van der Waals surface area (Å²) >= 11 is 0. The third-order valence-electron chi connectivity index (χ3n) is 5.09. The number of ether oxygens (including phenoxy) is 1. The summed E-state index contributed by atoms with van der Waals surface area (Å²) in [6.45, 7) is 1.22. The van der Waals surface area contributed by atoms with Gasteiger partial charge in [-0.05, 0) is 18.2 Å². The van der Waals surface area contributed by atoms with Crippen molar-refractivity contribution < 1.29 is 9.53 Å². The minimum atomic E-state index is -0.181. The highest BCUT2D eigenvalue weighted by Gasteiger charge is 2.16. The highest BCUT2D eigenvalue weighted by atomic mass is 16.5. The summed E-state index contributed by atoms with van der Waals surface area (Å²) < 4.78 is 5.50. The first-order valence-electron chi connectivity index (χ1n) is 9.60. The lowest BCUT2D eigenvalue weighted by molar-refractivity contribution is 0.102. The summed E-state index contributed by atoms with van der Waals surface area (Å²) in [5, 5.41) is 3.81. The van der Waals surface area contributed by atoms with Gasteiger partial charge in [0.15, 0.2) is 0 Å². The van der Waals surface area contributed by atoms with Crippen molar-refractivity contribution in [1.29, 1.82) is 0 Å². The Bertz CT molecular complexity index is 1210. The first-order valence-corrected chi connectivity index (χ1v) is 9.60. The number of benzene rings is 2. The van der Waals surface area contributed by atoms with E-state index in [2.05, 4.69) is 10.3 Å². The van der Waals surface area contributed by atoms with E-state index in [0.717, 1.165) is 39.8 Å². The number of para-hydroxylation sites is 1. The van der Waals surface area contributed by atoms with Gasteiger partial charge in [-0.3, -0.25) is 9.78 Å². The van der Waals surface area contributed by atoms with E-state index in [-0.39, 0.29) is 5.91 Å². The molecule has 1 amide bonds. The van der Waals surface area contributed by atoms with Crippen LogP contribution < -0.4 is 5.32 Å². The van der Waals surface area contributed by atoms with E-state index >= 15 is 0 Å². The molecule has 0 aliphatic carbocycles. The van der Waals surface area contributed by atoms with Gasteiger partial charge in [0.25, 0.3) is 5.91 Å². The Kier molecular flexibility index (Phi) is 4.50. The smallest absolute Gasteiger partial charge is 0.256 e. The Hall–Kier alpha value is -3.57. The Morgan fingerprint density at radius 3 is 2.72 bits per heavy atom. The molecule has 1 aliphatic heterocycles. The van der Waals surface area contributed by atoms with Crippen molar-refractivity contribution in [3.05, 3.63) is 89.7 Å². The van der Waals surface area contributed by atoms with Gasteiger partial charge >= 0.3 is 0 Å². The summed E-state index contributed by atoms with van der Waals surface area (Å²) in [7, 11) is 0. The van der Waals surface area contributed by atoms with E-state index in [9.17, 15) is 4.79 Å². The number of nitrogens with zero attached hydrogens (tertiary/aromatic N) is 2. The molecule has 0 fully saturated rings. The first kappa shape index (κ1) is 17.5. The van der Waals surface area contributed by atoms with Crippen LogP contribution in [-0.4, -0.2) is 22.5 Å². The van der Waals surface area contributed by atoms with Crippen LogP contribution in [-0.2, 0) is 17.8 Å². The van der Waals surface area contributed by atoms with E-state index in [1.165, 1.54) is 0 Å². The molecule has 0 radical (unpaired) electrons. The molecule has 0 saturated carbocycles. The van der Waals surface area contributed by atoms with E-state index in [1.807, 2.05) is 66.7 Å². The molecule has 3 heterocycles. The fourth-order valence-electron chi connectivity index (χ4n) is 3.63. The maximum atomic E-state index is 13.2. The van der Waals surface area contributed by atoms with E-state index in [0.29, 0.717) is 24.5 Å². The maximum absolute atomic E-state index is 13.2. The highest BCUT2D eigenvalue weighted by molar-refractivity contribution is 6.13. The SMILES string of the molecule is O=C(Nc1cnc2c(c1)COCC2)c1cc(-c2ccccc2)nc2ccccc12. The molecule has 142 valence electrons. The lowest BCUT2D eigenvalue weighted by atomic mass is 10.0. The normalized spacial score (nSPS) is 13.1. The van der Waals surface area contributed by atoms with Gasteiger partial charge in [-0.25, -0.2) is 4.98 Å². The summed E-state index contributed by atoms with van der Waals surface area (Å²) in [5.74, 6) is -0.181. The standard InChI is InChI=1S/C24H19N3O2/c28-24(26-18-12-17-15-29-11-10-21(17)25-14-18)20-13-23(16-6-2-1-3-7-16)27-22-9-5-4-8-19(20)22/h1-9,12-14H,10-11,15H2,(H,26,28). The van der Waals surface area contributed by atoms with E-state index in [4.69, 9.17) is 9.72 Å². The predicted octanol–water partition coefficient (Wildman–Crippen LogP) is 4.62. The lowest BCUT2D eigenvalue weighted by Gasteiger charge is -2.16. The number of pyridine rings is 2. The summed E-state index contributed by atoms with van der Waals surface area (Å²) in [6.07, 6.45) is 2.52. The Labute approximate surface area is 168 Å². The molecule has 1 aliphatic rings. The van der Waals surface area contributed by atoms with Gasteiger partial charge in [0, 0.05) is 28.6 Å². The number of amides is 1. The Morgan fingerprint density at radius 2 is 1.83 bits per heavy atom. The van der Waals surface area contributed by atoms with Crippen molar-refractivity contribution in [1.82, 2.24) is 9.97 Å². The third kappa shape index (κ3) is 3.48. The summed E-state index contributed by atoms with van der Waals surface area (Å²) in [4.78, 5) is 22.4. The van der Waals surface area contributed by atoms with Gasteiger partial charge < -0.3 is 10.1 Å². The van der Waals surface area contributed by atoms with Gasteiger partial charge in [-0.1, -0.05) is 48.5 Å². The van der Waals surface area contributed by atoms with Crippen molar-refractivity contribution >= 4 is 22.5 Å². The van der Waals surface area contributed by atoms with Crippen molar-refractivity contribution in [3.63, 3.8) is 0 Å². The fraction of sp³-hybridized carbons (Fsp3) is 0.125. The van der Waals surface area contributed by atoms with Crippen LogP contribution in [0.25, 0.3) is 22.2 Å². The number of hydrogen-bond donors (Lipinski definition) is 1. The largest absolute Gasteiger partial charge is 0.376 e. The molecule has 0 spiro atoms. The predicted molar refractivity (Wildman–Crippen MR) is 113 cm³/mol. The average molecular weight is 381 g/mol. The molecular weight excluding hydrogens is 362 g/mol. The average Bonchev–Trinajstić information content (AvgIpc) is 2.79. The molecule has 5 rings (SSSR count). The Morgan fingerprint density at radius 1 is 1.00 bits per heavy atom. The number of fused-ring (bicyclic) bond motifs is 2. The van der Waals surface area contributed by atoms with Gasteiger partial charge in [0.1, 0.15) is 0 Å². The minimum absolute atomic E-state index is 0.181. The molecule has 5 nitrogen and oxygen atoms in total. The number of rotatable bonds is 3. The van der Waals surface area contributed by atoms with Crippen molar-refractivity contribution in [3.8, 4) is 11.3 Å². The van der Waals surface area contributed by atoms with Crippen LogP contribution >= 0.6 is 0 Å². The minimum Gasteiger partial charge on any atom is -0.376 e. The van der Waals surface area contributed by atoms with Crippen LogP contribution in [0, 0.1) is 0 Å². The molecule has 1 N–H and O–H groups in total. The van der Waals surface area contributed by atoms with E-state index in [1.54, 1.807) is 6.20 Å². The lowest BCUT2D eigenvalue weighted by Crippen LogP contribution is -2.16. The van der Waals surface area contributed by atoms with Gasteiger partial charge in [-0.15, -0.1) is 0 Å². The molecule has 0 unspecified atom stereocenters. The van der Waals surface area contributed by atoms with Crippen LogP contribution in [0.1, 0.15) is 21.6 Å². The topological polar surface area (TPSA) is 64.1 Å². The molecule has 0 atom stereocenters. The molecule has 5 heteroatoms. The highest BCUT2D eigenvalue weighted by Crippen LogP contribution is 2.26. The monoisotopic (exact) mass is 381 g/mol. The zero-order chi connectivity index (χ0) is 19.6. The number of carbonyl (C=O) groups excluding carboxylic acids is 1. The molecule has 0 saturated heterocycles. The zero-order valence-corrected chi connectivity index (χ0v) is 15.8. The van der Waals surface area contributed by atoms with Crippen LogP contribution in [0.4, 0.5) is 5.69 Å². The van der Waals surface area contributed by atoms with Crippen molar-refractivity contribution in [2.24, 2.45) is 0 Å². The second kappa shape index (κ2) is 7.45. The van der Waals surface area contributed by atoms with Gasteiger partial charge in [0.05, 0.1) is 41.9 Å². The molecule has 29 heavy (non-hydrogen) atoms. The number of carbonyl (C=O) groups is 1. The fourth-order valence-corrected chi connectivity index (χ4v) is 3.63. The van der Waals surface area contributed by atoms with Crippen LogP contribution in [0.15, 0.2) is 72.9 Å². The van der Waals surface area contributed by atoms with Crippen molar-refractivity contribution in [2.75, 3.05) is 11.9 Å². The second-order valence-corrected chi connectivity index (χ2v) is 7.02. The molecule has 2 aromatic carbocycles. The van der Waals surface area contributed by atoms with Crippen LogP contribution in [0.2, 0.25) is 0 Å². The van der Waals surface area contributed by atoms with E-state index < -0.39 is 0 Å². The summed E-state index contributed by atoms with van der Waals surface area (Å²) in [6, 6.07) is 21.4. The third-order valence-corrected chi connectivity index (χ3v) is 5.09. The van der Waals surface area contributed by atoms with Crippen LogP contribution in [0.3, 0.4) is 0 Å². The van der Waals surface area contributed by atoms with Gasteiger partial charge in [0.2, 0.25) is 0 Å². The molecule has 4 aromatic rings. The number of nitrogens with one attached hydrogen (secondary N) is 1. The second-order valence-electron chi connectivity index (χ2n) is 7.02. The summed E-state index contributed by atoms with van der Waals surface area (Å²) in [5.41, 5.74) is 5.85. The Balaban J connectivity index is 1.54. The number of hydrogen-bond acceptors (Lipinski definition) is 4. The molecular formula is C24H19N3O2. The van der Waals surface area contributed by atoms with Crippen LogP contribution in [0.5, 0.6) is 0 Å². The number of anilines is 1. The van der Waals surface area contributed by atoms with Gasteiger partial charge in [-0.2, -0.15) is 0 Å². The maximum Gasteiger partial charge on any atom is 0.256 e. The molecule has 2 aromatic heterocycles. The quantitative estimate of drug-likeness (QED) is 0.562. The van der Waals surface area contributed by atoms with Crippen molar-refractivity contribution in [2.45, 2.75) is 13.0 Å². The molecule has 0 bridgehead atoms. The zero-order valence-electron chi connectivity index (χ0n) is 15.8.